The van der Waals surface area contributed by atoms with Crippen molar-refractivity contribution in [1.29, 1.82) is 0 Å². The monoisotopic (exact) mass is 270 g/mol. The third kappa shape index (κ3) is 2.79. The van der Waals surface area contributed by atoms with E-state index in [0.29, 0.717) is 12.5 Å². The Morgan fingerprint density at radius 2 is 2.11 bits per heavy atom. The molecule has 1 saturated carbocycles. The predicted molar refractivity (Wildman–Crippen MR) is 67.4 cm³/mol. The van der Waals surface area contributed by atoms with E-state index in [2.05, 4.69) is 5.32 Å². The second-order valence-corrected chi connectivity index (χ2v) is 6.49. The van der Waals surface area contributed by atoms with E-state index in [4.69, 9.17) is 0 Å². The summed E-state index contributed by atoms with van der Waals surface area (Å²) < 4.78 is 23.1. The summed E-state index contributed by atoms with van der Waals surface area (Å²) in [6.45, 7) is 0.647. The van der Waals surface area contributed by atoms with Crippen LogP contribution in [0.4, 0.5) is 11.4 Å². The van der Waals surface area contributed by atoms with Crippen molar-refractivity contribution in [3.8, 4) is 0 Å². The van der Waals surface area contributed by atoms with Gasteiger partial charge in [0.2, 0.25) is 0 Å². The van der Waals surface area contributed by atoms with Crippen molar-refractivity contribution >= 4 is 21.2 Å². The van der Waals surface area contributed by atoms with Crippen molar-refractivity contribution in [2.45, 2.75) is 17.7 Å². The number of nitro benzene ring substituents is 1. The van der Waals surface area contributed by atoms with Gasteiger partial charge >= 0.3 is 5.69 Å². The summed E-state index contributed by atoms with van der Waals surface area (Å²) >= 11 is 0. The van der Waals surface area contributed by atoms with Crippen molar-refractivity contribution in [1.82, 2.24) is 0 Å². The SMILES string of the molecule is CS(=O)(=O)c1cccc(NCC2CC2)c1[N+](=O)[O-]. The molecule has 0 heterocycles. The largest absolute Gasteiger partial charge is 0.379 e. The Labute approximate surface area is 105 Å². The van der Waals surface area contributed by atoms with E-state index < -0.39 is 14.8 Å². The molecule has 0 unspecified atom stereocenters. The first-order valence-electron chi connectivity index (χ1n) is 5.61. The van der Waals surface area contributed by atoms with Crippen molar-refractivity contribution in [2.75, 3.05) is 18.1 Å². The molecule has 0 saturated heterocycles. The molecule has 1 fully saturated rings. The molecule has 0 aliphatic heterocycles. The van der Waals surface area contributed by atoms with Crippen LogP contribution in [0.5, 0.6) is 0 Å². The highest BCUT2D eigenvalue weighted by atomic mass is 32.2. The maximum atomic E-state index is 11.5. The van der Waals surface area contributed by atoms with Crippen molar-refractivity contribution in [3.63, 3.8) is 0 Å². The summed E-state index contributed by atoms with van der Waals surface area (Å²) in [5.41, 5.74) is -0.0875. The van der Waals surface area contributed by atoms with Crippen LogP contribution in [0.3, 0.4) is 0 Å². The van der Waals surface area contributed by atoms with Gasteiger partial charge in [-0.1, -0.05) is 6.07 Å². The van der Waals surface area contributed by atoms with Crippen molar-refractivity contribution in [3.05, 3.63) is 28.3 Å². The molecule has 0 aromatic heterocycles. The van der Waals surface area contributed by atoms with E-state index in [0.717, 1.165) is 19.1 Å². The van der Waals surface area contributed by atoms with E-state index in [-0.39, 0.29) is 16.3 Å². The summed E-state index contributed by atoms with van der Waals surface area (Å²) in [6, 6.07) is 4.31. The average Bonchev–Trinajstić information content (AvgIpc) is 3.08. The molecule has 1 N–H and O–H groups in total. The van der Waals surface area contributed by atoms with Crippen LogP contribution in [0.25, 0.3) is 0 Å². The molecule has 0 bridgehead atoms. The fourth-order valence-electron chi connectivity index (χ4n) is 1.73. The number of nitrogens with zero attached hydrogens (tertiary/aromatic N) is 1. The fourth-order valence-corrected chi connectivity index (χ4v) is 2.59. The lowest BCUT2D eigenvalue weighted by molar-refractivity contribution is -0.386. The number of benzene rings is 1. The van der Waals surface area contributed by atoms with E-state index in [9.17, 15) is 18.5 Å². The van der Waals surface area contributed by atoms with Gasteiger partial charge in [0.05, 0.1) is 4.92 Å². The fraction of sp³-hybridized carbons (Fsp3) is 0.455. The van der Waals surface area contributed by atoms with Gasteiger partial charge in [-0.25, -0.2) is 8.42 Å². The number of anilines is 1. The third-order valence-electron chi connectivity index (χ3n) is 2.86. The van der Waals surface area contributed by atoms with Crippen LogP contribution in [-0.4, -0.2) is 26.1 Å². The zero-order valence-electron chi connectivity index (χ0n) is 9.92. The van der Waals surface area contributed by atoms with E-state index in [1.54, 1.807) is 0 Å². The van der Waals surface area contributed by atoms with Gasteiger partial charge in [0.15, 0.2) is 9.84 Å². The average molecular weight is 270 g/mol. The maximum absolute atomic E-state index is 11.5. The Hall–Kier alpha value is -1.63. The molecule has 1 aliphatic rings. The number of rotatable bonds is 5. The number of para-hydroxylation sites is 1. The van der Waals surface area contributed by atoms with Crippen LogP contribution >= 0.6 is 0 Å². The molecule has 0 spiro atoms. The number of hydrogen-bond acceptors (Lipinski definition) is 5. The molecular weight excluding hydrogens is 256 g/mol. The van der Waals surface area contributed by atoms with Crippen LogP contribution in [0.1, 0.15) is 12.8 Å². The van der Waals surface area contributed by atoms with Crippen molar-refractivity contribution < 1.29 is 13.3 Å². The molecule has 2 rings (SSSR count). The van der Waals surface area contributed by atoms with Crippen LogP contribution in [0.2, 0.25) is 0 Å². The van der Waals surface area contributed by atoms with Crippen LogP contribution in [0, 0.1) is 16.0 Å². The first-order valence-corrected chi connectivity index (χ1v) is 7.50. The lowest BCUT2D eigenvalue weighted by Gasteiger charge is -2.08. The van der Waals surface area contributed by atoms with E-state index >= 15 is 0 Å². The standard InChI is InChI=1S/C11H14N2O4S/c1-18(16,17)10-4-2-3-9(11(10)13(14)15)12-7-8-5-6-8/h2-4,8,12H,5-7H2,1H3. The van der Waals surface area contributed by atoms with Crippen LogP contribution in [-0.2, 0) is 9.84 Å². The molecular formula is C11H14N2O4S. The molecule has 1 aromatic rings. The molecule has 1 aromatic carbocycles. The van der Waals surface area contributed by atoms with Crippen LogP contribution < -0.4 is 5.32 Å². The van der Waals surface area contributed by atoms with Gasteiger partial charge in [-0.05, 0) is 30.9 Å². The van der Waals surface area contributed by atoms with Gasteiger partial charge in [0.25, 0.3) is 0 Å². The van der Waals surface area contributed by atoms with Crippen molar-refractivity contribution in [2.24, 2.45) is 5.92 Å². The van der Waals surface area contributed by atoms with Crippen LogP contribution in [0.15, 0.2) is 23.1 Å². The summed E-state index contributed by atoms with van der Waals surface area (Å²) in [6.07, 6.45) is 3.21. The maximum Gasteiger partial charge on any atom is 0.310 e. The minimum absolute atomic E-state index is 0.242. The van der Waals surface area contributed by atoms with Gasteiger partial charge < -0.3 is 5.32 Å². The molecule has 18 heavy (non-hydrogen) atoms. The second kappa shape index (κ2) is 4.56. The van der Waals surface area contributed by atoms with E-state index in [1.807, 2.05) is 0 Å². The molecule has 0 radical (unpaired) electrons. The normalized spacial score (nSPS) is 15.4. The molecule has 0 amide bonds. The lowest BCUT2D eigenvalue weighted by Crippen LogP contribution is -2.09. The van der Waals surface area contributed by atoms with Gasteiger partial charge in [0.1, 0.15) is 10.6 Å². The Balaban J connectivity index is 2.41. The number of nitrogens with one attached hydrogen (secondary N) is 1. The lowest BCUT2D eigenvalue weighted by atomic mass is 10.2. The Kier molecular flexibility index (Phi) is 3.25. The number of sulfone groups is 1. The topological polar surface area (TPSA) is 89.3 Å². The highest BCUT2D eigenvalue weighted by molar-refractivity contribution is 7.90. The number of hydrogen-bond donors (Lipinski definition) is 1. The minimum atomic E-state index is -3.61. The summed E-state index contributed by atoms with van der Waals surface area (Å²) in [5, 5.41) is 14.0. The summed E-state index contributed by atoms with van der Waals surface area (Å²) in [4.78, 5) is 10.2. The third-order valence-corrected chi connectivity index (χ3v) is 3.99. The van der Waals surface area contributed by atoms with Gasteiger partial charge in [-0.3, -0.25) is 10.1 Å². The Morgan fingerprint density at radius 3 is 2.61 bits per heavy atom. The molecule has 7 heteroatoms. The highest BCUT2D eigenvalue weighted by Gasteiger charge is 2.27. The first-order chi connectivity index (χ1) is 8.39. The number of nitro groups is 1. The second-order valence-electron chi connectivity index (χ2n) is 4.51. The molecule has 1 aliphatic carbocycles. The molecule has 98 valence electrons. The smallest absolute Gasteiger partial charge is 0.310 e. The van der Waals surface area contributed by atoms with Gasteiger partial charge in [0, 0.05) is 12.8 Å². The van der Waals surface area contributed by atoms with Gasteiger partial charge in [-0.15, -0.1) is 0 Å². The Morgan fingerprint density at radius 1 is 1.44 bits per heavy atom. The van der Waals surface area contributed by atoms with E-state index in [1.165, 1.54) is 18.2 Å². The molecule has 6 nitrogen and oxygen atoms in total. The summed E-state index contributed by atoms with van der Waals surface area (Å²) in [7, 11) is -3.61. The summed E-state index contributed by atoms with van der Waals surface area (Å²) in [5.74, 6) is 0.548. The zero-order chi connectivity index (χ0) is 13.3. The zero-order valence-corrected chi connectivity index (χ0v) is 10.7. The first kappa shape index (κ1) is 12.8. The Bertz CT molecular complexity index is 579. The quantitative estimate of drug-likeness (QED) is 0.651. The molecule has 0 atom stereocenters. The van der Waals surface area contributed by atoms with Gasteiger partial charge in [-0.2, -0.15) is 0 Å². The minimum Gasteiger partial charge on any atom is -0.379 e. The predicted octanol–water partition coefficient (Wildman–Crippen LogP) is 1.82. The highest BCUT2D eigenvalue weighted by Crippen LogP contribution is 2.34.